The maximum atomic E-state index is 13.3. The molecule has 75 heavy (non-hydrogen) atoms. The Balaban J connectivity index is 5.08. The monoisotopic (exact) mass is 1070 g/mol. The van der Waals surface area contributed by atoms with Crippen LogP contribution in [0.2, 0.25) is 0 Å². The highest BCUT2D eigenvalue weighted by atomic mass is 16.2. The Morgan fingerprint density at radius 3 is 0.733 bits per heavy atom. The quantitative estimate of drug-likeness (QED) is 0.0291. The minimum Gasteiger partial charge on any atom is -0.368 e. The Bertz CT molecular complexity index is 1680. The molecular weight excluding hydrogens is 971 g/mol. The van der Waals surface area contributed by atoms with Crippen LogP contribution in [0.4, 0.5) is 0 Å². The molecule has 0 aromatic heterocycles. The number of amides is 10. The van der Waals surface area contributed by atoms with Gasteiger partial charge in [-0.05, 0) is 161 Å². The van der Waals surface area contributed by atoms with E-state index in [2.05, 4.69) is 47.9 Å². The van der Waals surface area contributed by atoms with Crippen molar-refractivity contribution in [2.75, 3.05) is 58.9 Å². The van der Waals surface area contributed by atoms with Crippen molar-refractivity contribution in [3.8, 4) is 0 Å². The zero-order chi connectivity index (χ0) is 56.1. The fraction of sp³-hybridized carbons (Fsp3) is 0.800. The van der Waals surface area contributed by atoms with Gasteiger partial charge in [0.2, 0.25) is 59.1 Å². The first-order chi connectivity index (χ1) is 36.1. The first kappa shape index (κ1) is 69.5. The van der Waals surface area contributed by atoms with Gasteiger partial charge < -0.3 is 82.3 Å². The standard InChI is InChI=1S/C50H97N15O10/c1-2-17-41(66)62-37(19-4-9-28-52)47(72)57-33-14-24-43(68)64-39(21-6-11-30-54)49(74)59-35-16-26-45(70)65-40(22-7-12-31-55)50(75)60-34-15-25-44(69)63-38(20-5-10-29-53)48(73)58-32-13-23-42(67)61-36(46(56)71)18-3-8-27-51/h36-40H,2-35,51-55H2,1H3,(H2,56,71)(H,57,72)(H,58,73)(H,59,74)(H,60,75)(H,61,67)(H,62,66)(H,63,69)(H,64,68)(H,65,70)/t36-,37-,38-,39-,40-/m0/s1. The minimum atomic E-state index is -0.870. The van der Waals surface area contributed by atoms with Gasteiger partial charge in [0.1, 0.15) is 30.2 Å². The zero-order valence-corrected chi connectivity index (χ0v) is 45.0. The van der Waals surface area contributed by atoms with Gasteiger partial charge in [0, 0.05) is 58.3 Å². The van der Waals surface area contributed by atoms with Crippen LogP contribution in [0.15, 0.2) is 0 Å². The Kier molecular flexibility index (Phi) is 42.5. The van der Waals surface area contributed by atoms with E-state index < -0.39 is 65.7 Å². The van der Waals surface area contributed by atoms with Gasteiger partial charge in [-0.1, -0.05) is 6.92 Å². The van der Waals surface area contributed by atoms with Crippen molar-refractivity contribution >= 4 is 59.1 Å². The average molecular weight is 1070 g/mol. The number of primary amides is 1. The number of rotatable bonds is 48. The van der Waals surface area contributed by atoms with E-state index in [4.69, 9.17) is 34.4 Å². The summed E-state index contributed by atoms with van der Waals surface area (Å²) in [5, 5.41) is 24.8. The van der Waals surface area contributed by atoms with Crippen LogP contribution < -0.4 is 82.3 Å². The van der Waals surface area contributed by atoms with Crippen molar-refractivity contribution in [2.24, 2.45) is 34.4 Å². The largest absolute Gasteiger partial charge is 0.368 e. The molecule has 0 saturated carbocycles. The van der Waals surface area contributed by atoms with Gasteiger partial charge in [-0.25, -0.2) is 0 Å². The summed E-state index contributed by atoms with van der Waals surface area (Å²) in [7, 11) is 0. The van der Waals surface area contributed by atoms with Gasteiger partial charge in [0.05, 0.1) is 0 Å². The van der Waals surface area contributed by atoms with Crippen LogP contribution >= 0.6 is 0 Å². The number of hydrogen-bond donors (Lipinski definition) is 15. The van der Waals surface area contributed by atoms with E-state index in [9.17, 15) is 47.9 Å². The lowest BCUT2D eigenvalue weighted by atomic mass is 10.1. The first-order valence-electron chi connectivity index (χ1n) is 27.4. The molecule has 0 rings (SSSR count). The number of nitrogens with one attached hydrogen (secondary N) is 9. The molecule has 0 aliphatic heterocycles. The summed E-state index contributed by atoms with van der Waals surface area (Å²) in [6.45, 7) is 4.64. The molecule has 432 valence electrons. The second-order valence-corrected chi connectivity index (χ2v) is 18.8. The third-order valence-corrected chi connectivity index (χ3v) is 12.0. The van der Waals surface area contributed by atoms with Crippen LogP contribution in [-0.2, 0) is 47.9 Å². The highest BCUT2D eigenvalue weighted by Crippen LogP contribution is 2.08. The first-order valence-corrected chi connectivity index (χ1v) is 27.4. The summed E-state index contributed by atoms with van der Waals surface area (Å²) < 4.78 is 0. The average Bonchev–Trinajstić information content (AvgIpc) is 3.37. The lowest BCUT2D eigenvalue weighted by molar-refractivity contribution is -0.130. The maximum absolute atomic E-state index is 13.3. The second kappa shape index (κ2) is 45.9. The van der Waals surface area contributed by atoms with E-state index >= 15 is 0 Å². The minimum absolute atomic E-state index is 0.000315. The Morgan fingerprint density at radius 2 is 0.520 bits per heavy atom. The maximum Gasteiger partial charge on any atom is 0.242 e. The second-order valence-electron chi connectivity index (χ2n) is 18.8. The summed E-state index contributed by atoms with van der Waals surface area (Å²) in [5.74, 6) is -4.01. The van der Waals surface area contributed by atoms with Crippen molar-refractivity contribution in [1.82, 2.24) is 47.9 Å². The topological polar surface area (TPSA) is 435 Å². The summed E-state index contributed by atoms with van der Waals surface area (Å²) in [6, 6.07) is -4.06. The molecule has 0 heterocycles. The van der Waals surface area contributed by atoms with Crippen molar-refractivity contribution in [2.45, 2.75) is 198 Å². The fourth-order valence-electron chi connectivity index (χ4n) is 7.72. The Labute approximate surface area is 444 Å². The van der Waals surface area contributed by atoms with Crippen LogP contribution in [0.3, 0.4) is 0 Å². The third kappa shape index (κ3) is 37.0. The molecule has 25 nitrogen and oxygen atoms in total. The normalized spacial score (nSPS) is 12.9. The van der Waals surface area contributed by atoms with Crippen molar-refractivity contribution < 1.29 is 47.9 Å². The molecule has 0 aliphatic rings. The molecule has 0 bridgehead atoms. The van der Waals surface area contributed by atoms with Crippen LogP contribution in [-0.4, -0.2) is 148 Å². The number of nitrogens with two attached hydrogens (primary N) is 6. The van der Waals surface area contributed by atoms with Crippen LogP contribution in [0.1, 0.15) is 167 Å². The molecule has 0 spiro atoms. The van der Waals surface area contributed by atoms with Crippen LogP contribution in [0.5, 0.6) is 0 Å². The van der Waals surface area contributed by atoms with Gasteiger partial charge in [-0.15, -0.1) is 0 Å². The van der Waals surface area contributed by atoms with E-state index in [0.29, 0.717) is 142 Å². The van der Waals surface area contributed by atoms with Crippen molar-refractivity contribution in [3.05, 3.63) is 0 Å². The van der Waals surface area contributed by atoms with Crippen LogP contribution in [0.25, 0.3) is 0 Å². The molecule has 0 radical (unpaired) electrons. The SMILES string of the molecule is CCCC(=O)N[C@@H](CCCCN)C(=O)NCCCC(=O)N[C@@H](CCCCN)C(=O)NCCCC(=O)N[C@@H](CCCCN)C(=O)NCCCC(=O)N[C@@H](CCCCN)C(=O)NCCCC(=O)N[C@@H](CCCCN)C(N)=O. The van der Waals surface area contributed by atoms with Gasteiger partial charge in [-0.2, -0.15) is 0 Å². The highest BCUT2D eigenvalue weighted by molar-refractivity contribution is 5.90. The predicted octanol–water partition coefficient (Wildman–Crippen LogP) is -2.07. The number of carbonyl (C=O) groups is 10. The molecule has 0 aliphatic carbocycles. The molecule has 0 saturated heterocycles. The zero-order valence-electron chi connectivity index (χ0n) is 45.0. The predicted molar refractivity (Wildman–Crippen MR) is 287 cm³/mol. The molecule has 0 unspecified atom stereocenters. The van der Waals surface area contributed by atoms with E-state index in [-0.39, 0.29) is 94.8 Å². The molecule has 10 amide bonds. The van der Waals surface area contributed by atoms with Crippen LogP contribution in [0, 0.1) is 0 Å². The Morgan fingerprint density at radius 1 is 0.307 bits per heavy atom. The lowest BCUT2D eigenvalue weighted by Gasteiger charge is -2.20. The molecule has 0 fully saturated rings. The molecule has 0 aromatic carbocycles. The van der Waals surface area contributed by atoms with E-state index in [1.165, 1.54) is 0 Å². The third-order valence-electron chi connectivity index (χ3n) is 12.0. The Hall–Kier alpha value is -5.50. The van der Waals surface area contributed by atoms with Gasteiger partial charge in [0.25, 0.3) is 0 Å². The van der Waals surface area contributed by atoms with Gasteiger partial charge in [-0.3, -0.25) is 47.9 Å². The molecule has 5 atom stereocenters. The highest BCUT2D eigenvalue weighted by Gasteiger charge is 2.25. The van der Waals surface area contributed by atoms with Gasteiger partial charge in [0.15, 0.2) is 0 Å². The fourth-order valence-corrected chi connectivity index (χ4v) is 7.72. The van der Waals surface area contributed by atoms with Gasteiger partial charge >= 0.3 is 0 Å². The molecular formula is C50H97N15O10. The summed E-state index contributed by atoms with van der Waals surface area (Å²) in [5.41, 5.74) is 33.5. The summed E-state index contributed by atoms with van der Waals surface area (Å²) >= 11 is 0. The van der Waals surface area contributed by atoms with E-state index in [1.807, 2.05) is 6.92 Å². The van der Waals surface area contributed by atoms with E-state index in [0.717, 1.165) is 6.42 Å². The smallest absolute Gasteiger partial charge is 0.242 e. The summed E-state index contributed by atoms with van der Waals surface area (Å²) in [4.78, 5) is 128. The molecule has 25 heteroatoms. The number of carbonyl (C=O) groups excluding carboxylic acids is 10. The number of hydrogen-bond acceptors (Lipinski definition) is 15. The van der Waals surface area contributed by atoms with Crippen molar-refractivity contribution in [3.63, 3.8) is 0 Å². The lowest BCUT2D eigenvalue weighted by Crippen LogP contribution is -2.48. The van der Waals surface area contributed by atoms with E-state index in [1.54, 1.807) is 0 Å². The number of unbranched alkanes of at least 4 members (excludes halogenated alkanes) is 5. The van der Waals surface area contributed by atoms with Crippen molar-refractivity contribution in [1.29, 1.82) is 0 Å². The molecule has 0 aromatic rings. The summed E-state index contributed by atoms with van der Waals surface area (Å²) in [6.07, 6.45) is 10.3. The molecule has 21 N–H and O–H groups in total.